The Bertz CT molecular complexity index is 1370. The minimum Gasteiger partial charge on any atom is -0.338 e. The largest absolute Gasteiger partial charge is 0.416 e. The third-order valence-corrected chi connectivity index (χ3v) is 5.59. The maximum atomic E-state index is 12.7. The average Bonchev–Trinajstić information content (AvgIpc) is 3.45. The second-order valence-corrected chi connectivity index (χ2v) is 7.65. The highest BCUT2D eigenvalue weighted by Gasteiger charge is 2.30. The summed E-state index contributed by atoms with van der Waals surface area (Å²) in [4.78, 5) is 13.0. The average molecular weight is 454 g/mol. The Labute approximate surface area is 183 Å². The molecule has 0 saturated carbocycles. The molecule has 0 N–H and O–H groups in total. The normalized spacial score (nSPS) is 11.8. The molecule has 3 aromatic heterocycles. The topological polar surface area (TPSA) is 82.5 Å². The minimum atomic E-state index is -4.39. The van der Waals surface area contributed by atoms with Crippen LogP contribution in [-0.2, 0) is 11.9 Å². The van der Waals surface area contributed by atoms with Crippen molar-refractivity contribution in [3.05, 3.63) is 78.6 Å². The number of hydrogen-bond donors (Lipinski definition) is 0. The SMILES string of the molecule is FC(F)(F)c1ccc(-c2noc(CSc3ncnc4c3cnn4-c3ccccc3)n2)cc1. The molecular weight excluding hydrogens is 441 g/mol. The molecule has 0 fully saturated rings. The summed E-state index contributed by atoms with van der Waals surface area (Å²) >= 11 is 1.38. The van der Waals surface area contributed by atoms with E-state index in [2.05, 4.69) is 25.2 Å². The van der Waals surface area contributed by atoms with Gasteiger partial charge in [-0.2, -0.15) is 23.3 Å². The van der Waals surface area contributed by atoms with Crippen LogP contribution in [0.2, 0.25) is 0 Å². The number of para-hydroxylation sites is 1. The Kier molecular flexibility index (Phi) is 5.10. The molecule has 0 aliphatic rings. The van der Waals surface area contributed by atoms with E-state index in [0.29, 0.717) is 27.9 Å². The number of alkyl halides is 3. The van der Waals surface area contributed by atoms with Crippen molar-refractivity contribution in [2.24, 2.45) is 0 Å². The van der Waals surface area contributed by atoms with Crippen LogP contribution in [0.4, 0.5) is 13.2 Å². The summed E-state index contributed by atoms with van der Waals surface area (Å²) in [6.45, 7) is 0. The second kappa shape index (κ2) is 8.08. The fourth-order valence-electron chi connectivity index (χ4n) is 3.06. The third-order valence-electron chi connectivity index (χ3n) is 4.60. The Morgan fingerprint density at radius 1 is 0.969 bits per heavy atom. The van der Waals surface area contributed by atoms with Crippen molar-refractivity contribution in [1.82, 2.24) is 29.9 Å². The monoisotopic (exact) mass is 454 g/mol. The van der Waals surface area contributed by atoms with E-state index in [9.17, 15) is 13.2 Å². The highest BCUT2D eigenvalue weighted by Crippen LogP contribution is 2.31. The summed E-state index contributed by atoms with van der Waals surface area (Å²) in [7, 11) is 0. The number of nitrogens with zero attached hydrogens (tertiary/aromatic N) is 6. The quantitative estimate of drug-likeness (QED) is 0.267. The third kappa shape index (κ3) is 3.94. The molecule has 0 saturated heterocycles. The fraction of sp³-hybridized carbons (Fsp3) is 0.0952. The van der Waals surface area contributed by atoms with E-state index in [0.717, 1.165) is 23.2 Å². The highest BCUT2D eigenvalue weighted by molar-refractivity contribution is 7.98. The molecule has 0 amide bonds. The van der Waals surface area contributed by atoms with Gasteiger partial charge in [-0.25, -0.2) is 14.6 Å². The molecule has 0 aliphatic carbocycles. The van der Waals surface area contributed by atoms with Crippen LogP contribution >= 0.6 is 11.8 Å². The van der Waals surface area contributed by atoms with E-state index in [4.69, 9.17) is 4.52 Å². The van der Waals surface area contributed by atoms with Crippen LogP contribution in [0.25, 0.3) is 28.1 Å². The first kappa shape index (κ1) is 20.2. The number of fused-ring (bicyclic) bond motifs is 1. The van der Waals surface area contributed by atoms with E-state index in [1.807, 2.05) is 30.3 Å². The van der Waals surface area contributed by atoms with Gasteiger partial charge in [0.25, 0.3) is 0 Å². The van der Waals surface area contributed by atoms with Gasteiger partial charge in [-0.1, -0.05) is 47.3 Å². The molecule has 0 spiro atoms. The van der Waals surface area contributed by atoms with E-state index < -0.39 is 11.7 Å². The van der Waals surface area contributed by atoms with Crippen LogP contribution in [0.3, 0.4) is 0 Å². The molecule has 160 valence electrons. The first-order chi connectivity index (χ1) is 15.5. The van der Waals surface area contributed by atoms with Gasteiger partial charge < -0.3 is 4.52 Å². The smallest absolute Gasteiger partial charge is 0.338 e. The van der Waals surface area contributed by atoms with E-state index in [-0.39, 0.29) is 5.82 Å². The molecule has 7 nitrogen and oxygen atoms in total. The van der Waals surface area contributed by atoms with Gasteiger partial charge in [-0.3, -0.25) is 0 Å². The van der Waals surface area contributed by atoms with Crippen molar-refractivity contribution in [1.29, 1.82) is 0 Å². The summed E-state index contributed by atoms with van der Waals surface area (Å²) < 4.78 is 45.2. The summed E-state index contributed by atoms with van der Waals surface area (Å²) in [6.07, 6.45) is -1.23. The summed E-state index contributed by atoms with van der Waals surface area (Å²) in [5, 5.41) is 9.77. The zero-order chi connectivity index (χ0) is 22.1. The molecule has 2 aromatic carbocycles. The lowest BCUT2D eigenvalue weighted by Crippen LogP contribution is -2.04. The number of thioether (sulfide) groups is 1. The molecule has 0 aliphatic heterocycles. The van der Waals surface area contributed by atoms with Crippen molar-refractivity contribution in [2.45, 2.75) is 17.0 Å². The zero-order valence-electron chi connectivity index (χ0n) is 16.2. The fourth-order valence-corrected chi connectivity index (χ4v) is 3.86. The summed E-state index contributed by atoms with van der Waals surface area (Å²) in [5.74, 6) is 0.877. The van der Waals surface area contributed by atoms with Crippen molar-refractivity contribution < 1.29 is 17.7 Å². The predicted octanol–water partition coefficient (Wildman–Crippen LogP) is 5.18. The number of aromatic nitrogens is 6. The molecule has 5 rings (SSSR count). The van der Waals surface area contributed by atoms with Gasteiger partial charge >= 0.3 is 6.18 Å². The molecule has 0 radical (unpaired) electrons. The second-order valence-electron chi connectivity index (χ2n) is 6.68. The van der Waals surface area contributed by atoms with E-state index in [1.165, 1.54) is 30.2 Å². The number of benzene rings is 2. The van der Waals surface area contributed by atoms with Gasteiger partial charge in [0.1, 0.15) is 11.4 Å². The molecular formula is C21H13F3N6OS. The van der Waals surface area contributed by atoms with Gasteiger partial charge in [0, 0.05) is 5.56 Å². The zero-order valence-corrected chi connectivity index (χ0v) is 17.0. The first-order valence-electron chi connectivity index (χ1n) is 9.36. The molecule has 0 atom stereocenters. The van der Waals surface area contributed by atoms with Crippen molar-refractivity contribution >= 4 is 22.8 Å². The van der Waals surface area contributed by atoms with Crippen molar-refractivity contribution in [3.8, 4) is 17.1 Å². The predicted molar refractivity (Wildman–Crippen MR) is 111 cm³/mol. The van der Waals surface area contributed by atoms with Crippen LogP contribution in [-0.4, -0.2) is 29.9 Å². The van der Waals surface area contributed by atoms with Gasteiger partial charge in [0.15, 0.2) is 5.65 Å². The van der Waals surface area contributed by atoms with Crippen LogP contribution in [0.1, 0.15) is 11.5 Å². The minimum absolute atomic E-state index is 0.221. The Hall–Kier alpha value is -3.73. The molecule has 3 heterocycles. The van der Waals surface area contributed by atoms with Crippen LogP contribution in [0.5, 0.6) is 0 Å². The number of rotatable bonds is 5. The molecule has 32 heavy (non-hydrogen) atoms. The summed E-state index contributed by atoms with van der Waals surface area (Å²) in [6, 6.07) is 14.2. The van der Waals surface area contributed by atoms with Gasteiger partial charge in [-0.05, 0) is 24.3 Å². The first-order valence-corrected chi connectivity index (χ1v) is 10.3. The van der Waals surface area contributed by atoms with Gasteiger partial charge in [0.05, 0.1) is 28.6 Å². The molecule has 0 unspecified atom stereocenters. The lowest BCUT2D eigenvalue weighted by Gasteiger charge is -2.05. The Balaban J connectivity index is 1.34. The van der Waals surface area contributed by atoms with E-state index >= 15 is 0 Å². The van der Waals surface area contributed by atoms with E-state index in [1.54, 1.807) is 10.9 Å². The molecule has 0 bridgehead atoms. The van der Waals surface area contributed by atoms with Crippen LogP contribution in [0.15, 0.2) is 76.7 Å². The summed E-state index contributed by atoms with van der Waals surface area (Å²) in [5.41, 5.74) is 1.26. The van der Waals surface area contributed by atoms with Crippen LogP contribution in [0, 0.1) is 0 Å². The molecule has 5 aromatic rings. The Morgan fingerprint density at radius 2 is 1.75 bits per heavy atom. The van der Waals surface area contributed by atoms with Crippen molar-refractivity contribution in [2.75, 3.05) is 0 Å². The Morgan fingerprint density at radius 3 is 2.50 bits per heavy atom. The van der Waals surface area contributed by atoms with Gasteiger partial charge in [0.2, 0.25) is 11.7 Å². The highest BCUT2D eigenvalue weighted by atomic mass is 32.2. The maximum Gasteiger partial charge on any atom is 0.416 e. The number of hydrogen-bond acceptors (Lipinski definition) is 7. The molecule has 11 heteroatoms. The van der Waals surface area contributed by atoms with Crippen molar-refractivity contribution in [3.63, 3.8) is 0 Å². The standard InChI is InChI=1S/C21H13F3N6OS/c22-21(23,24)14-8-6-13(7-9-14)18-28-17(31-29-18)11-32-20-16-10-27-30(19(16)25-12-26-20)15-4-2-1-3-5-15/h1-10,12H,11H2. The lowest BCUT2D eigenvalue weighted by atomic mass is 10.1. The maximum absolute atomic E-state index is 12.7. The van der Waals surface area contributed by atoms with Gasteiger partial charge in [-0.15, -0.1) is 0 Å². The van der Waals surface area contributed by atoms with Crippen LogP contribution < -0.4 is 0 Å². The number of halogens is 3. The lowest BCUT2D eigenvalue weighted by molar-refractivity contribution is -0.137.